The van der Waals surface area contributed by atoms with E-state index in [1.165, 1.54) is 200 Å². The van der Waals surface area contributed by atoms with Crippen LogP contribution in [0.4, 0.5) is 0 Å². The van der Waals surface area contributed by atoms with Crippen molar-refractivity contribution in [1.29, 1.82) is 0 Å². The Balaban J connectivity index is 0.000000130. The molecule has 0 atom stereocenters. The Bertz CT molecular complexity index is 6940. The third-order valence-electron chi connectivity index (χ3n) is 24.9. The maximum Gasteiger partial charge on any atom is -0.00108 e. The van der Waals surface area contributed by atoms with Gasteiger partial charge in [0.05, 0.1) is 0 Å². The molecule has 0 nitrogen and oxygen atoms in total. The molecule has 0 aliphatic heterocycles. The Hall–Kier alpha value is -16.4. The summed E-state index contributed by atoms with van der Waals surface area (Å²) in [5.41, 5.74) is 49.0. The van der Waals surface area contributed by atoms with Crippen molar-refractivity contribution in [1.82, 2.24) is 0 Å². The van der Waals surface area contributed by atoms with E-state index in [1.807, 2.05) is 91.0 Å². The van der Waals surface area contributed by atoms with Crippen molar-refractivity contribution < 1.29 is 0 Å². The maximum absolute atomic E-state index is 2.30. The molecule has 21 aromatic rings. The van der Waals surface area contributed by atoms with Gasteiger partial charge in [-0.3, -0.25) is 0 Å². The molecular formula is C141H132. The van der Waals surface area contributed by atoms with Gasteiger partial charge in [-0.1, -0.05) is 590 Å². The summed E-state index contributed by atoms with van der Waals surface area (Å²) in [6.07, 6.45) is 3.32. The van der Waals surface area contributed by atoms with Gasteiger partial charge >= 0.3 is 0 Å². The zero-order chi connectivity index (χ0) is 98.5. The van der Waals surface area contributed by atoms with Gasteiger partial charge < -0.3 is 0 Å². The molecule has 0 saturated carbocycles. The van der Waals surface area contributed by atoms with Gasteiger partial charge in [-0.15, -0.1) is 0 Å². The number of hydrogen-bond donors (Lipinski definition) is 0. The van der Waals surface area contributed by atoms with Crippen molar-refractivity contribution in [3.8, 4) is 100 Å². The van der Waals surface area contributed by atoms with Gasteiger partial charge in [0.2, 0.25) is 0 Å². The molecule has 0 aromatic heterocycles. The highest BCUT2D eigenvalue weighted by atomic mass is 14.3. The molecule has 0 heterocycles. The largest absolute Gasteiger partial charge is 0.0622 e. The lowest BCUT2D eigenvalue weighted by Crippen LogP contribution is -1.84. The fourth-order valence-electron chi connectivity index (χ4n) is 17.3. The van der Waals surface area contributed by atoms with Crippen LogP contribution in [0.2, 0.25) is 0 Å². The molecule has 0 heteroatoms. The second-order valence-electron chi connectivity index (χ2n) is 36.1. The standard InChI is InChI=1S/3C14H12.6C13H12.3C7H8/c1-10-5-4-7-12-9-11-6-2-3-8-13(11)14(10)12;1-10-5-4-8-13-12-7-3-2-6-11(12)9-14(10)13;1-10-6-7-14-12(8-10)9-11-4-2-3-5-13(11)14;2*1-11-7-5-6-10-13(11)12-8-3-2-4-9-12;2*1-11-6-5-9-13(10-11)12-7-3-2-4-8-12;2*1-11-7-9-13(10-8-11)12-5-3-2-4-6-12;3*1-7-5-3-2-4-6-7/h3*2-8H,9H2,1H3;6*2-10H,1H3;3*2-6H,1H3. The van der Waals surface area contributed by atoms with Gasteiger partial charge in [-0.2, -0.15) is 0 Å². The van der Waals surface area contributed by atoms with Gasteiger partial charge in [0, 0.05) is 0 Å². The van der Waals surface area contributed by atoms with E-state index in [1.54, 1.807) is 0 Å². The number of aryl methyl sites for hydroxylation is 12. The normalized spacial score (nSPS) is 10.5. The van der Waals surface area contributed by atoms with Crippen LogP contribution in [0.15, 0.2) is 546 Å². The first kappa shape index (κ1) is 102. The summed E-state index contributed by atoms with van der Waals surface area (Å²) in [7, 11) is 0. The summed E-state index contributed by atoms with van der Waals surface area (Å²) in [5.74, 6) is 0. The summed E-state index contributed by atoms with van der Waals surface area (Å²) in [5, 5.41) is 0. The average Bonchev–Trinajstić information content (AvgIpc) is 1.64. The molecule has 0 radical (unpaired) electrons. The molecule has 0 unspecified atom stereocenters. The highest BCUT2D eigenvalue weighted by Crippen LogP contribution is 2.41. The van der Waals surface area contributed by atoms with E-state index in [0.29, 0.717) is 0 Å². The van der Waals surface area contributed by atoms with E-state index in [4.69, 9.17) is 0 Å². The lowest BCUT2D eigenvalue weighted by atomic mass is 10.0. The van der Waals surface area contributed by atoms with E-state index < -0.39 is 0 Å². The minimum Gasteiger partial charge on any atom is -0.0622 e. The van der Waals surface area contributed by atoms with E-state index in [-0.39, 0.29) is 0 Å². The molecule has 0 N–H and O–H groups in total. The zero-order valence-electron chi connectivity index (χ0n) is 84.1. The molecule has 141 heavy (non-hydrogen) atoms. The maximum atomic E-state index is 2.30. The Labute approximate surface area is 842 Å². The quantitative estimate of drug-likeness (QED) is 0.156. The Kier molecular flexibility index (Phi) is 39.5. The van der Waals surface area contributed by atoms with Crippen LogP contribution < -0.4 is 0 Å². The summed E-state index contributed by atoms with van der Waals surface area (Å²) in [4.78, 5) is 0. The third kappa shape index (κ3) is 31.8. The second kappa shape index (κ2) is 54.5. The topological polar surface area (TPSA) is 0 Å². The van der Waals surface area contributed by atoms with Crippen LogP contribution in [0.5, 0.6) is 0 Å². The predicted molar refractivity (Wildman–Crippen MR) is 611 cm³/mol. The van der Waals surface area contributed by atoms with Crippen molar-refractivity contribution in [2.45, 2.75) is 102 Å². The smallest absolute Gasteiger partial charge is 0.00108 e. The van der Waals surface area contributed by atoms with Crippen molar-refractivity contribution in [2.75, 3.05) is 0 Å². The molecule has 0 fully saturated rings. The van der Waals surface area contributed by atoms with Crippen LogP contribution in [0.1, 0.15) is 100 Å². The lowest BCUT2D eigenvalue weighted by molar-refractivity contribution is 1.22. The Morgan fingerprint density at radius 3 is 0.716 bits per heavy atom. The molecule has 0 bridgehead atoms. The van der Waals surface area contributed by atoms with E-state index in [2.05, 4.69) is 538 Å². The number of rotatable bonds is 6. The summed E-state index contributed by atoms with van der Waals surface area (Å²) < 4.78 is 0. The van der Waals surface area contributed by atoms with Crippen molar-refractivity contribution in [3.05, 3.63) is 646 Å². The van der Waals surface area contributed by atoms with Gasteiger partial charge in [-0.05, 0) is 258 Å². The van der Waals surface area contributed by atoms with Crippen LogP contribution in [-0.4, -0.2) is 0 Å². The van der Waals surface area contributed by atoms with Crippen LogP contribution in [0.3, 0.4) is 0 Å². The first-order valence-corrected chi connectivity index (χ1v) is 49.2. The highest BCUT2D eigenvalue weighted by Gasteiger charge is 2.21. The SMILES string of the molecule is Cc1ccc(-c2ccccc2)cc1.Cc1ccc(-c2ccccc2)cc1.Cc1ccc2c(c1)Cc1ccccc1-2.Cc1cccc(-c2ccccc2)c1.Cc1cccc(-c2ccccc2)c1.Cc1cccc2c1-c1ccccc1C2.Cc1cccc2c1Cc1ccccc1-2.Cc1ccccc1.Cc1ccccc1.Cc1ccccc1.Cc1ccccc1-c1ccccc1.Cc1ccccc1-c1ccccc1. The van der Waals surface area contributed by atoms with E-state index in [9.17, 15) is 0 Å². The van der Waals surface area contributed by atoms with Crippen molar-refractivity contribution in [2.24, 2.45) is 0 Å². The monoisotopic (exact) mass is 1830 g/mol. The summed E-state index contributed by atoms with van der Waals surface area (Å²) in [6, 6.07) is 191. The van der Waals surface area contributed by atoms with Crippen LogP contribution in [0, 0.1) is 83.1 Å². The predicted octanol–water partition coefficient (Wildman–Crippen LogP) is 38.7. The molecule has 0 saturated heterocycles. The number of hydrogen-bond acceptors (Lipinski definition) is 0. The first-order valence-electron chi connectivity index (χ1n) is 49.2. The molecule has 0 amide bonds. The number of fused-ring (bicyclic) bond motifs is 9. The van der Waals surface area contributed by atoms with Crippen LogP contribution in [0.25, 0.3) is 100 Å². The molecule has 696 valence electrons. The fourth-order valence-corrected chi connectivity index (χ4v) is 17.3. The molecule has 3 aliphatic carbocycles. The van der Waals surface area contributed by atoms with Gasteiger partial charge in [0.15, 0.2) is 0 Å². The highest BCUT2D eigenvalue weighted by molar-refractivity contribution is 5.81. The summed E-state index contributed by atoms with van der Waals surface area (Å²) in [6.45, 7) is 25.5. The molecular weight excluding hydrogens is 1690 g/mol. The lowest BCUT2D eigenvalue weighted by Gasteiger charge is -2.04. The van der Waals surface area contributed by atoms with Crippen LogP contribution in [-0.2, 0) is 19.3 Å². The van der Waals surface area contributed by atoms with Gasteiger partial charge in [-0.25, -0.2) is 0 Å². The Morgan fingerprint density at radius 1 is 0.113 bits per heavy atom. The molecule has 0 spiro atoms. The van der Waals surface area contributed by atoms with E-state index >= 15 is 0 Å². The van der Waals surface area contributed by atoms with Crippen molar-refractivity contribution in [3.63, 3.8) is 0 Å². The minimum absolute atomic E-state index is 1.10. The molecule has 21 aromatic carbocycles. The number of benzene rings is 21. The van der Waals surface area contributed by atoms with Crippen LogP contribution >= 0.6 is 0 Å². The summed E-state index contributed by atoms with van der Waals surface area (Å²) >= 11 is 0. The average molecular weight is 1830 g/mol. The first-order chi connectivity index (χ1) is 68.9. The minimum atomic E-state index is 1.10. The van der Waals surface area contributed by atoms with E-state index in [0.717, 1.165) is 19.3 Å². The molecule has 3 aliphatic rings. The molecule has 24 rings (SSSR count). The third-order valence-corrected chi connectivity index (χ3v) is 24.9. The Morgan fingerprint density at radius 2 is 0.340 bits per heavy atom. The second-order valence-corrected chi connectivity index (χ2v) is 36.1. The fraction of sp³-hybridized carbons (Fsp3) is 0.106. The van der Waals surface area contributed by atoms with Gasteiger partial charge in [0.1, 0.15) is 0 Å². The van der Waals surface area contributed by atoms with Gasteiger partial charge in [0.25, 0.3) is 0 Å². The van der Waals surface area contributed by atoms with Crippen molar-refractivity contribution >= 4 is 0 Å². The zero-order valence-corrected chi connectivity index (χ0v) is 84.1.